The molecule has 0 saturated carbocycles. The van der Waals surface area contributed by atoms with Crippen LogP contribution in [0.15, 0.2) is 133 Å². The van der Waals surface area contributed by atoms with Crippen LogP contribution in [0.1, 0.15) is 24.5 Å². The van der Waals surface area contributed by atoms with E-state index in [0.717, 1.165) is 28.3 Å². The number of ether oxygens (including phenoxy) is 3. The average molecular weight is 629 g/mol. The highest BCUT2D eigenvalue weighted by Gasteiger charge is 2.36. The quantitative estimate of drug-likeness (QED) is 0.132. The summed E-state index contributed by atoms with van der Waals surface area (Å²) in [6.45, 7) is 3.00. The molecule has 0 aromatic heterocycles. The number of benzene rings is 5. The molecule has 8 heteroatoms. The number of amides is 2. The van der Waals surface area contributed by atoms with Gasteiger partial charge in [-0.25, -0.2) is 9.59 Å². The van der Waals surface area contributed by atoms with Crippen LogP contribution in [0.5, 0.6) is 23.0 Å². The van der Waals surface area contributed by atoms with Gasteiger partial charge in [0, 0.05) is 25.6 Å². The lowest BCUT2D eigenvalue weighted by Gasteiger charge is -2.37. The van der Waals surface area contributed by atoms with Crippen LogP contribution >= 0.6 is 0 Å². The molecule has 1 N–H and O–H groups in total. The SMILES string of the molecule is C[C@@](Cc1ccc(OCCCN2Cc3ccccc3N(c3cccc(Oc4ccccc4)c3)C2=O)cc1)(Oc1ccccc1)C(=O)O. The first-order chi connectivity index (χ1) is 22.9. The van der Waals surface area contributed by atoms with Crippen molar-refractivity contribution in [1.29, 1.82) is 0 Å². The van der Waals surface area contributed by atoms with E-state index in [1.807, 2.05) is 114 Å². The lowest BCUT2D eigenvalue weighted by molar-refractivity contribution is -0.153. The Labute approximate surface area is 274 Å². The summed E-state index contributed by atoms with van der Waals surface area (Å²) in [4.78, 5) is 29.5. The largest absolute Gasteiger partial charge is 0.494 e. The van der Waals surface area contributed by atoms with E-state index in [9.17, 15) is 14.7 Å². The van der Waals surface area contributed by atoms with Crippen molar-refractivity contribution in [3.05, 3.63) is 145 Å². The molecule has 6 rings (SSSR count). The predicted molar refractivity (Wildman–Crippen MR) is 181 cm³/mol. The van der Waals surface area contributed by atoms with E-state index in [1.54, 1.807) is 36.1 Å². The summed E-state index contributed by atoms with van der Waals surface area (Å²) in [6.07, 6.45) is 0.816. The maximum atomic E-state index is 13.9. The zero-order chi connectivity index (χ0) is 32.6. The highest BCUT2D eigenvalue weighted by atomic mass is 16.5. The molecule has 0 fully saturated rings. The zero-order valence-corrected chi connectivity index (χ0v) is 26.1. The number of urea groups is 1. The Balaban J connectivity index is 1.07. The minimum atomic E-state index is -1.42. The van der Waals surface area contributed by atoms with Crippen molar-refractivity contribution in [3.8, 4) is 23.0 Å². The fourth-order valence-electron chi connectivity index (χ4n) is 5.56. The van der Waals surface area contributed by atoms with Crippen LogP contribution in [-0.2, 0) is 17.8 Å². The van der Waals surface area contributed by atoms with Gasteiger partial charge in [-0.15, -0.1) is 0 Å². The minimum absolute atomic E-state index is 0.107. The maximum absolute atomic E-state index is 13.9. The fraction of sp³-hybridized carbons (Fsp3) is 0.179. The lowest BCUT2D eigenvalue weighted by atomic mass is 9.96. The topological polar surface area (TPSA) is 88.5 Å². The molecule has 1 atom stereocenters. The Morgan fingerprint density at radius 3 is 2.15 bits per heavy atom. The summed E-state index contributed by atoms with van der Waals surface area (Å²) in [6, 6.07) is 41.3. The van der Waals surface area contributed by atoms with Gasteiger partial charge < -0.3 is 24.2 Å². The van der Waals surface area contributed by atoms with Gasteiger partial charge in [-0.1, -0.05) is 72.8 Å². The number of carboxylic acids is 1. The van der Waals surface area contributed by atoms with E-state index in [0.29, 0.717) is 43.4 Å². The van der Waals surface area contributed by atoms with Gasteiger partial charge in [0.05, 0.1) is 18.0 Å². The molecule has 0 bridgehead atoms. The molecule has 8 nitrogen and oxygen atoms in total. The Bertz CT molecular complexity index is 1810. The number of carbonyl (C=O) groups is 2. The van der Waals surface area contributed by atoms with Crippen LogP contribution in [0.2, 0.25) is 0 Å². The van der Waals surface area contributed by atoms with Crippen LogP contribution in [0.3, 0.4) is 0 Å². The van der Waals surface area contributed by atoms with Crippen LogP contribution in [0, 0.1) is 0 Å². The summed E-state index contributed by atoms with van der Waals surface area (Å²) >= 11 is 0. The Morgan fingerprint density at radius 2 is 1.43 bits per heavy atom. The zero-order valence-electron chi connectivity index (χ0n) is 26.1. The number of carboxylic acid groups (broad SMARTS) is 1. The van der Waals surface area contributed by atoms with E-state index >= 15 is 0 Å². The van der Waals surface area contributed by atoms with Gasteiger partial charge in [-0.3, -0.25) is 4.90 Å². The lowest BCUT2D eigenvalue weighted by Crippen LogP contribution is -2.45. The van der Waals surface area contributed by atoms with Crippen molar-refractivity contribution in [2.75, 3.05) is 18.1 Å². The third-order valence-electron chi connectivity index (χ3n) is 7.95. The molecule has 1 heterocycles. The highest BCUT2D eigenvalue weighted by molar-refractivity contribution is 6.02. The van der Waals surface area contributed by atoms with Gasteiger partial charge in [-0.05, 0) is 79.1 Å². The summed E-state index contributed by atoms with van der Waals surface area (Å²) in [5.74, 6) is 1.50. The number of carbonyl (C=O) groups excluding carboxylic acids is 1. The van der Waals surface area contributed by atoms with Gasteiger partial charge >= 0.3 is 12.0 Å². The van der Waals surface area contributed by atoms with Crippen LogP contribution in [-0.4, -0.2) is 40.8 Å². The fourth-order valence-corrected chi connectivity index (χ4v) is 5.56. The van der Waals surface area contributed by atoms with E-state index in [2.05, 4.69) is 0 Å². The van der Waals surface area contributed by atoms with Crippen LogP contribution in [0.25, 0.3) is 0 Å². The number of hydrogen-bond acceptors (Lipinski definition) is 5. The first kappa shape index (κ1) is 31.2. The number of anilines is 2. The second-order valence-corrected chi connectivity index (χ2v) is 11.6. The second-order valence-electron chi connectivity index (χ2n) is 11.6. The molecule has 0 unspecified atom stereocenters. The van der Waals surface area contributed by atoms with Gasteiger partial charge in [0.2, 0.25) is 5.60 Å². The maximum Gasteiger partial charge on any atom is 0.348 e. The number of rotatable bonds is 13. The minimum Gasteiger partial charge on any atom is -0.494 e. The van der Waals surface area contributed by atoms with E-state index in [-0.39, 0.29) is 12.5 Å². The molecule has 5 aromatic carbocycles. The summed E-state index contributed by atoms with van der Waals surface area (Å²) in [7, 11) is 0. The number of aliphatic carboxylic acids is 1. The molecule has 238 valence electrons. The number of hydrogen-bond donors (Lipinski definition) is 1. The molecular formula is C39H36N2O6. The Hall–Kier alpha value is -5.76. The highest BCUT2D eigenvalue weighted by Crippen LogP contribution is 2.37. The van der Waals surface area contributed by atoms with Crippen LogP contribution in [0.4, 0.5) is 16.2 Å². The van der Waals surface area contributed by atoms with Crippen LogP contribution < -0.4 is 19.1 Å². The monoisotopic (exact) mass is 628 g/mol. The molecular weight excluding hydrogens is 592 g/mol. The van der Waals surface area contributed by atoms with Gasteiger partial charge in [-0.2, -0.15) is 0 Å². The number of nitrogens with zero attached hydrogens (tertiary/aromatic N) is 2. The van der Waals surface area contributed by atoms with Gasteiger partial charge in [0.15, 0.2) is 0 Å². The van der Waals surface area contributed by atoms with Crippen molar-refractivity contribution in [1.82, 2.24) is 4.90 Å². The summed E-state index contributed by atoms with van der Waals surface area (Å²) in [5, 5.41) is 9.89. The molecule has 0 saturated heterocycles. The van der Waals surface area contributed by atoms with E-state index in [1.165, 1.54) is 0 Å². The molecule has 5 aromatic rings. The van der Waals surface area contributed by atoms with Gasteiger partial charge in [0.1, 0.15) is 23.0 Å². The van der Waals surface area contributed by atoms with Crippen molar-refractivity contribution in [3.63, 3.8) is 0 Å². The molecule has 1 aliphatic rings. The standard InChI is InChI=1S/C39H36N2O6/c1-39(37(42)43,47-34-16-6-3-7-17-34)27-29-20-22-32(23-21-29)45-25-11-24-40-28-30-12-8-9-19-36(30)41(38(40)44)31-13-10-18-35(26-31)46-33-14-4-2-5-15-33/h2-10,12-23,26H,11,24-25,27-28H2,1H3,(H,42,43)/t39-/m0/s1. The third kappa shape index (κ3) is 7.56. The van der Waals surface area contributed by atoms with E-state index < -0.39 is 11.6 Å². The molecule has 2 amide bonds. The first-order valence-corrected chi connectivity index (χ1v) is 15.6. The predicted octanol–water partition coefficient (Wildman–Crippen LogP) is 8.49. The molecule has 0 spiro atoms. The molecule has 1 aliphatic heterocycles. The van der Waals surface area contributed by atoms with Crippen molar-refractivity contribution >= 4 is 23.4 Å². The normalized spacial score (nSPS) is 13.8. The number of para-hydroxylation sites is 3. The van der Waals surface area contributed by atoms with Crippen molar-refractivity contribution in [2.45, 2.75) is 31.9 Å². The van der Waals surface area contributed by atoms with Crippen molar-refractivity contribution < 1.29 is 28.9 Å². The third-order valence-corrected chi connectivity index (χ3v) is 7.95. The Morgan fingerprint density at radius 1 is 0.766 bits per heavy atom. The van der Waals surface area contributed by atoms with Gasteiger partial charge in [0.25, 0.3) is 0 Å². The molecule has 47 heavy (non-hydrogen) atoms. The first-order valence-electron chi connectivity index (χ1n) is 15.6. The smallest absolute Gasteiger partial charge is 0.348 e. The molecule has 0 aliphatic carbocycles. The average Bonchev–Trinajstić information content (AvgIpc) is 3.08. The Kier molecular flexibility index (Phi) is 9.38. The summed E-state index contributed by atoms with van der Waals surface area (Å²) in [5.41, 5.74) is 2.03. The summed E-state index contributed by atoms with van der Waals surface area (Å²) < 4.78 is 17.9. The van der Waals surface area contributed by atoms with Crippen molar-refractivity contribution in [2.24, 2.45) is 0 Å². The van der Waals surface area contributed by atoms with E-state index in [4.69, 9.17) is 14.2 Å². The molecule has 0 radical (unpaired) electrons. The number of fused-ring (bicyclic) bond motifs is 1. The second kappa shape index (κ2) is 14.1.